The molecule has 0 spiro atoms. The second-order valence-electron chi connectivity index (χ2n) is 3.85. The second kappa shape index (κ2) is 6.17. The molecule has 0 aliphatic carbocycles. The van der Waals surface area contributed by atoms with Crippen molar-refractivity contribution >= 4 is 21.9 Å². The molecule has 0 saturated heterocycles. The number of nitriles is 1. The zero-order chi connectivity index (χ0) is 13.7. The number of benzene rings is 2. The first-order chi connectivity index (χ1) is 9.20. The summed E-state index contributed by atoms with van der Waals surface area (Å²) in [4.78, 5) is 11.8. The molecule has 0 aliphatic heterocycles. The Morgan fingerprint density at radius 1 is 1.16 bits per heavy atom. The minimum atomic E-state index is -0.403. The van der Waals surface area contributed by atoms with E-state index in [0.717, 1.165) is 4.47 Å². The largest absolute Gasteiger partial charge is 0.457 e. The van der Waals surface area contributed by atoms with Gasteiger partial charge >= 0.3 is 5.97 Å². The van der Waals surface area contributed by atoms with Gasteiger partial charge < -0.3 is 4.74 Å². The molecule has 0 heterocycles. The fraction of sp³-hybridized carbons (Fsp3) is 0.0667. The van der Waals surface area contributed by atoms with Crippen LogP contribution < -0.4 is 0 Å². The molecule has 19 heavy (non-hydrogen) atoms. The van der Waals surface area contributed by atoms with Crippen LogP contribution in [-0.2, 0) is 11.3 Å². The maximum Gasteiger partial charge on any atom is 0.338 e. The van der Waals surface area contributed by atoms with E-state index in [9.17, 15) is 4.79 Å². The molecule has 0 fully saturated rings. The predicted octanol–water partition coefficient (Wildman–Crippen LogP) is 3.68. The number of nitrogens with zero attached hydrogens (tertiary/aromatic N) is 1. The van der Waals surface area contributed by atoms with Gasteiger partial charge in [-0.3, -0.25) is 0 Å². The standard InChI is InChI=1S/C15H10BrNO2/c16-14-7-5-11(6-8-14)15(18)19-10-13-4-2-1-3-12(13)9-17/h1-8H,10H2. The van der Waals surface area contributed by atoms with Gasteiger partial charge in [0, 0.05) is 10.0 Å². The highest BCUT2D eigenvalue weighted by Gasteiger charge is 2.08. The maximum atomic E-state index is 11.8. The molecule has 4 heteroatoms. The van der Waals surface area contributed by atoms with Gasteiger partial charge in [0.2, 0.25) is 0 Å². The Balaban J connectivity index is 2.05. The molecule has 94 valence electrons. The van der Waals surface area contributed by atoms with E-state index >= 15 is 0 Å². The number of esters is 1. The van der Waals surface area contributed by atoms with Crippen molar-refractivity contribution in [1.82, 2.24) is 0 Å². The number of hydrogen-bond acceptors (Lipinski definition) is 3. The van der Waals surface area contributed by atoms with Gasteiger partial charge in [0.05, 0.1) is 17.2 Å². The number of carbonyl (C=O) groups excluding carboxylic acids is 1. The summed E-state index contributed by atoms with van der Waals surface area (Å²) in [5.74, 6) is -0.403. The van der Waals surface area contributed by atoms with E-state index in [1.807, 2.05) is 6.07 Å². The molecule has 0 amide bonds. The Labute approximate surface area is 119 Å². The van der Waals surface area contributed by atoms with Crippen LogP contribution in [0.4, 0.5) is 0 Å². The van der Waals surface area contributed by atoms with Crippen molar-refractivity contribution in [3.8, 4) is 6.07 Å². The maximum absolute atomic E-state index is 11.8. The fourth-order valence-electron chi connectivity index (χ4n) is 1.57. The number of rotatable bonds is 3. The molecule has 0 bridgehead atoms. The third-order valence-corrected chi connectivity index (χ3v) is 3.11. The molecule has 0 N–H and O–H groups in total. The lowest BCUT2D eigenvalue weighted by molar-refractivity contribution is 0.0472. The quantitative estimate of drug-likeness (QED) is 0.812. The summed E-state index contributed by atoms with van der Waals surface area (Å²) in [7, 11) is 0. The van der Waals surface area contributed by atoms with Crippen LogP contribution in [0.2, 0.25) is 0 Å². The molecule has 0 unspecified atom stereocenters. The summed E-state index contributed by atoms with van der Waals surface area (Å²) in [6.45, 7) is 0.0959. The van der Waals surface area contributed by atoms with E-state index in [0.29, 0.717) is 16.7 Å². The van der Waals surface area contributed by atoms with E-state index in [-0.39, 0.29) is 6.61 Å². The Morgan fingerprint density at radius 2 is 1.84 bits per heavy atom. The van der Waals surface area contributed by atoms with Gasteiger partial charge in [0.25, 0.3) is 0 Å². The zero-order valence-corrected chi connectivity index (χ0v) is 11.6. The van der Waals surface area contributed by atoms with Crippen molar-refractivity contribution in [2.45, 2.75) is 6.61 Å². The molecule has 2 rings (SSSR count). The molecule has 0 aliphatic rings. The molecular weight excluding hydrogens is 306 g/mol. The van der Waals surface area contributed by atoms with Crippen LogP contribution in [0, 0.1) is 11.3 Å². The average Bonchev–Trinajstić information content (AvgIpc) is 2.45. The summed E-state index contributed by atoms with van der Waals surface area (Å²) < 4.78 is 6.09. The first-order valence-corrected chi connectivity index (χ1v) is 6.40. The third-order valence-electron chi connectivity index (χ3n) is 2.58. The summed E-state index contributed by atoms with van der Waals surface area (Å²) >= 11 is 3.30. The molecule has 2 aromatic rings. The van der Waals surface area contributed by atoms with Gasteiger partial charge in [-0.15, -0.1) is 0 Å². The third kappa shape index (κ3) is 3.43. The van der Waals surface area contributed by atoms with Gasteiger partial charge in [0.15, 0.2) is 0 Å². The average molecular weight is 316 g/mol. The lowest BCUT2D eigenvalue weighted by Gasteiger charge is -2.06. The number of hydrogen-bond donors (Lipinski definition) is 0. The van der Waals surface area contributed by atoms with Crippen molar-refractivity contribution in [2.75, 3.05) is 0 Å². The highest BCUT2D eigenvalue weighted by Crippen LogP contribution is 2.13. The first-order valence-electron chi connectivity index (χ1n) is 5.61. The summed E-state index contributed by atoms with van der Waals surface area (Å²) in [5, 5.41) is 8.94. The second-order valence-corrected chi connectivity index (χ2v) is 4.77. The predicted molar refractivity (Wildman–Crippen MR) is 74.4 cm³/mol. The first kappa shape index (κ1) is 13.3. The number of halogens is 1. The van der Waals surface area contributed by atoms with Gasteiger partial charge in [-0.05, 0) is 30.3 Å². The van der Waals surface area contributed by atoms with Crippen molar-refractivity contribution in [3.05, 3.63) is 69.7 Å². The van der Waals surface area contributed by atoms with Crippen LogP contribution in [0.1, 0.15) is 21.5 Å². The van der Waals surface area contributed by atoms with Crippen molar-refractivity contribution in [3.63, 3.8) is 0 Å². The number of carbonyl (C=O) groups is 1. The van der Waals surface area contributed by atoms with E-state index in [4.69, 9.17) is 10.00 Å². The Hall–Kier alpha value is -2.12. The fourth-order valence-corrected chi connectivity index (χ4v) is 1.83. The van der Waals surface area contributed by atoms with E-state index < -0.39 is 5.97 Å². The monoisotopic (exact) mass is 315 g/mol. The van der Waals surface area contributed by atoms with Crippen LogP contribution in [-0.4, -0.2) is 5.97 Å². The van der Waals surface area contributed by atoms with Crippen molar-refractivity contribution < 1.29 is 9.53 Å². The molecule has 0 saturated carbocycles. The highest BCUT2D eigenvalue weighted by molar-refractivity contribution is 9.10. The van der Waals surface area contributed by atoms with Crippen LogP contribution in [0.25, 0.3) is 0 Å². The van der Waals surface area contributed by atoms with Gasteiger partial charge in [-0.2, -0.15) is 5.26 Å². The van der Waals surface area contributed by atoms with Gasteiger partial charge in [-0.25, -0.2) is 4.79 Å². The molecule has 0 atom stereocenters. The summed E-state index contributed by atoms with van der Waals surface area (Å²) in [6.07, 6.45) is 0. The minimum absolute atomic E-state index is 0.0959. The molecule has 0 aromatic heterocycles. The van der Waals surface area contributed by atoms with E-state index in [1.165, 1.54) is 0 Å². The summed E-state index contributed by atoms with van der Waals surface area (Å²) in [5.41, 5.74) is 1.71. The van der Waals surface area contributed by atoms with Crippen LogP contribution in [0.5, 0.6) is 0 Å². The van der Waals surface area contributed by atoms with Gasteiger partial charge in [0.1, 0.15) is 6.61 Å². The molecule has 3 nitrogen and oxygen atoms in total. The normalized spacial score (nSPS) is 9.68. The topological polar surface area (TPSA) is 50.1 Å². The molecular formula is C15H10BrNO2. The summed E-state index contributed by atoms with van der Waals surface area (Å²) in [6, 6.07) is 16.0. The van der Waals surface area contributed by atoms with E-state index in [2.05, 4.69) is 22.0 Å². The Morgan fingerprint density at radius 3 is 2.53 bits per heavy atom. The smallest absolute Gasteiger partial charge is 0.338 e. The number of ether oxygens (including phenoxy) is 1. The Bertz CT molecular complexity index is 629. The van der Waals surface area contributed by atoms with Crippen LogP contribution in [0.3, 0.4) is 0 Å². The zero-order valence-electron chi connectivity index (χ0n) is 9.97. The lowest BCUT2D eigenvalue weighted by Crippen LogP contribution is -2.05. The van der Waals surface area contributed by atoms with Crippen molar-refractivity contribution in [2.24, 2.45) is 0 Å². The van der Waals surface area contributed by atoms with Crippen molar-refractivity contribution in [1.29, 1.82) is 5.26 Å². The minimum Gasteiger partial charge on any atom is -0.457 e. The van der Waals surface area contributed by atoms with Crippen LogP contribution >= 0.6 is 15.9 Å². The van der Waals surface area contributed by atoms with Crippen LogP contribution in [0.15, 0.2) is 53.0 Å². The highest BCUT2D eigenvalue weighted by atomic mass is 79.9. The Kier molecular flexibility index (Phi) is 4.32. The molecule has 0 radical (unpaired) electrons. The van der Waals surface area contributed by atoms with E-state index in [1.54, 1.807) is 42.5 Å². The van der Waals surface area contributed by atoms with Gasteiger partial charge in [-0.1, -0.05) is 34.1 Å². The molecule has 2 aromatic carbocycles. The SMILES string of the molecule is N#Cc1ccccc1COC(=O)c1ccc(Br)cc1. The lowest BCUT2D eigenvalue weighted by atomic mass is 10.1.